The topological polar surface area (TPSA) is 43.1 Å². The molecule has 140 valence electrons. The quantitative estimate of drug-likeness (QED) is 0.763. The smallest absolute Gasteiger partial charge is 0.369 e. The minimum Gasteiger partial charge on any atom is -0.369 e. The zero-order chi connectivity index (χ0) is 19.7. The highest BCUT2D eigenvalue weighted by Crippen LogP contribution is 2.33. The van der Waals surface area contributed by atoms with Gasteiger partial charge < -0.3 is 5.73 Å². The maximum Gasteiger partial charge on any atom is 0.419 e. The molecule has 0 aliphatic heterocycles. The SMILES string of the molecule is CC(C)(C)c1ccc(CC(C(N)=O)c2ccc(C(F)(F)F)c(F)c2)cc1. The van der Waals surface area contributed by atoms with E-state index in [0.29, 0.717) is 6.07 Å². The second-order valence-corrected chi connectivity index (χ2v) is 7.34. The number of rotatable bonds is 4. The van der Waals surface area contributed by atoms with Crippen molar-refractivity contribution in [3.8, 4) is 0 Å². The molecule has 0 aromatic heterocycles. The zero-order valence-electron chi connectivity index (χ0n) is 14.8. The number of carbonyl (C=O) groups excluding carboxylic acids is 1. The third-order valence-electron chi connectivity index (χ3n) is 4.30. The standard InChI is InChI=1S/C20H21F4NO/c1-19(2,3)14-7-4-12(5-8-14)10-15(18(25)26)13-6-9-16(17(21)11-13)20(22,23)24/h4-9,11,15H,10H2,1-3H3,(H2,25,26). The van der Waals surface area contributed by atoms with Gasteiger partial charge in [-0.2, -0.15) is 13.2 Å². The van der Waals surface area contributed by atoms with Crippen molar-refractivity contribution >= 4 is 5.91 Å². The van der Waals surface area contributed by atoms with E-state index in [2.05, 4.69) is 20.8 Å². The normalized spacial score (nSPS) is 13.5. The highest BCUT2D eigenvalue weighted by atomic mass is 19.4. The molecule has 2 aromatic carbocycles. The Balaban J connectivity index is 2.30. The number of carbonyl (C=O) groups is 1. The minimum atomic E-state index is -4.78. The Bertz CT molecular complexity index is 789. The van der Waals surface area contributed by atoms with Crippen LogP contribution in [0, 0.1) is 5.82 Å². The van der Waals surface area contributed by atoms with Gasteiger partial charge >= 0.3 is 6.18 Å². The molecule has 2 rings (SSSR count). The summed E-state index contributed by atoms with van der Waals surface area (Å²) in [5.74, 6) is -3.04. The molecule has 1 amide bonds. The lowest BCUT2D eigenvalue weighted by Crippen LogP contribution is -2.24. The van der Waals surface area contributed by atoms with Crippen LogP contribution in [0.1, 0.15) is 48.9 Å². The van der Waals surface area contributed by atoms with E-state index in [4.69, 9.17) is 5.73 Å². The third kappa shape index (κ3) is 4.62. The lowest BCUT2D eigenvalue weighted by Gasteiger charge is -2.20. The van der Waals surface area contributed by atoms with E-state index in [1.165, 1.54) is 0 Å². The molecular formula is C20H21F4NO. The van der Waals surface area contributed by atoms with Crippen LogP contribution >= 0.6 is 0 Å². The first kappa shape index (κ1) is 19.9. The highest BCUT2D eigenvalue weighted by molar-refractivity contribution is 5.82. The van der Waals surface area contributed by atoms with E-state index >= 15 is 0 Å². The number of hydrogen-bond donors (Lipinski definition) is 1. The molecule has 0 saturated heterocycles. The van der Waals surface area contributed by atoms with Crippen molar-refractivity contribution in [1.82, 2.24) is 0 Å². The summed E-state index contributed by atoms with van der Waals surface area (Å²) >= 11 is 0. The summed E-state index contributed by atoms with van der Waals surface area (Å²) in [5, 5.41) is 0. The summed E-state index contributed by atoms with van der Waals surface area (Å²) in [6, 6.07) is 10.0. The van der Waals surface area contributed by atoms with E-state index in [9.17, 15) is 22.4 Å². The number of halogens is 4. The van der Waals surface area contributed by atoms with Crippen molar-refractivity contribution < 1.29 is 22.4 Å². The average molecular weight is 367 g/mol. The number of benzene rings is 2. The van der Waals surface area contributed by atoms with Crippen LogP contribution in [0.4, 0.5) is 17.6 Å². The molecule has 6 heteroatoms. The molecule has 0 aliphatic rings. The molecule has 1 atom stereocenters. The Labute approximate surface area is 150 Å². The Morgan fingerprint density at radius 2 is 1.62 bits per heavy atom. The summed E-state index contributed by atoms with van der Waals surface area (Å²) in [5.41, 5.74) is 6.04. The molecule has 2 aromatic rings. The van der Waals surface area contributed by atoms with Crippen molar-refractivity contribution in [2.24, 2.45) is 5.73 Å². The van der Waals surface area contributed by atoms with Crippen molar-refractivity contribution in [3.63, 3.8) is 0 Å². The van der Waals surface area contributed by atoms with Gasteiger partial charge in [0.05, 0.1) is 11.5 Å². The maximum absolute atomic E-state index is 13.8. The van der Waals surface area contributed by atoms with Crippen molar-refractivity contribution in [1.29, 1.82) is 0 Å². The fourth-order valence-corrected chi connectivity index (χ4v) is 2.74. The van der Waals surface area contributed by atoms with Crippen LogP contribution in [0.5, 0.6) is 0 Å². The first-order valence-corrected chi connectivity index (χ1v) is 8.15. The summed E-state index contributed by atoms with van der Waals surface area (Å²) < 4.78 is 51.9. The van der Waals surface area contributed by atoms with E-state index < -0.39 is 29.4 Å². The van der Waals surface area contributed by atoms with Gasteiger partial charge in [-0.25, -0.2) is 4.39 Å². The van der Waals surface area contributed by atoms with Gasteiger partial charge in [-0.1, -0.05) is 51.1 Å². The molecule has 0 saturated carbocycles. The second-order valence-electron chi connectivity index (χ2n) is 7.34. The molecule has 2 N–H and O–H groups in total. The van der Waals surface area contributed by atoms with Gasteiger partial charge in [0.1, 0.15) is 5.82 Å². The Morgan fingerprint density at radius 1 is 1.04 bits per heavy atom. The van der Waals surface area contributed by atoms with Gasteiger partial charge in [0.25, 0.3) is 0 Å². The monoisotopic (exact) mass is 367 g/mol. The molecule has 0 heterocycles. The van der Waals surface area contributed by atoms with Crippen LogP contribution in [0.3, 0.4) is 0 Å². The first-order valence-electron chi connectivity index (χ1n) is 8.15. The largest absolute Gasteiger partial charge is 0.419 e. The number of alkyl halides is 3. The molecule has 1 unspecified atom stereocenters. The zero-order valence-corrected chi connectivity index (χ0v) is 14.8. The maximum atomic E-state index is 13.8. The van der Waals surface area contributed by atoms with Crippen LogP contribution < -0.4 is 5.73 Å². The fraction of sp³-hybridized carbons (Fsp3) is 0.350. The summed E-state index contributed by atoms with van der Waals surface area (Å²) in [6.45, 7) is 6.21. The fourth-order valence-electron chi connectivity index (χ4n) is 2.74. The molecule has 2 nitrogen and oxygen atoms in total. The summed E-state index contributed by atoms with van der Waals surface area (Å²) in [4.78, 5) is 11.8. The molecule has 0 aliphatic carbocycles. The minimum absolute atomic E-state index is 0.0296. The Hall–Kier alpha value is -2.37. The third-order valence-corrected chi connectivity index (χ3v) is 4.30. The number of hydrogen-bond acceptors (Lipinski definition) is 1. The molecule has 0 spiro atoms. The van der Waals surface area contributed by atoms with Crippen LogP contribution in [-0.2, 0) is 22.8 Å². The molecule has 0 radical (unpaired) electrons. The van der Waals surface area contributed by atoms with Crippen molar-refractivity contribution in [2.75, 3.05) is 0 Å². The molecule has 0 fully saturated rings. The van der Waals surface area contributed by atoms with E-state index in [0.717, 1.165) is 23.3 Å². The summed E-state index contributed by atoms with van der Waals surface area (Å²) in [7, 11) is 0. The van der Waals surface area contributed by atoms with Crippen LogP contribution in [0.15, 0.2) is 42.5 Å². The predicted octanol–water partition coefficient (Wildman–Crippen LogP) is 4.95. The van der Waals surface area contributed by atoms with Gasteiger partial charge in [0.2, 0.25) is 5.91 Å². The van der Waals surface area contributed by atoms with Gasteiger partial charge in [0, 0.05) is 0 Å². The second kappa shape index (κ2) is 7.09. The van der Waals surface area contributed by atoms with Gasteiger partial charge in [0.15, 0.2) is 0 Å². The lowest BCUT2D eigenvalue weighted by atomic mass is 9.85. The average Bonchev–Trinajstić information content (AvgIpc) is 2.50. The van der Waals surface area contributed by atoms with E-state index in [-0.39, 0.29) is 17.4 Å². The highest BCUT2D eigenvalue weighted by Gasteiger charge is 2.34. The van der Waals surface area contributed by atoms with Gasteiger partial charge in [-0.05, 0) is 40.7 Å². The molecular weight excluding hydrogens is 346 g/mol. The molecule has 26 heavy (non-hydrogen) atoms. The van der Waals surface area contributed by atoms with Crippen molar-refractivity contribution in [2.45, 2.75) is 44.7 Å². The lowest BCUT2D eigenvalue weighted by molar-refractivity contribution is -0.140. The predicted molar refractivity (Wildman–Crippen MR) is 92.2 cm³/mol. The van der Waals surface area contributed by atoms with Crippen LogP contribution in [-0.4, -0.2) is 5.91 Å². The summed E-state index contributed by atoms with van der Waals surface area (Å²) in [6.07, 6.45) is -4.60. The van der Waals surface area contributed by atoms with E-state index in [1.54, 1.807) is 0 Å². The van der Waals surface area contributed by atoms with Crippen LogP contribution in [0.2, 0.25) is 0 Å². The Kier molecular flexibility index (Phi) is 5.44. The van der Waals surface area contributed by atoms with Gasteiger partial charge in [-0.3, -0.25) is 4.79 Å². The number of nitrogens with two attached hydrogens (primary N) is 1. The van der Waals surface area contributed by atoms with Gasteiger partial charge in [-0.15, -0.1) is 0 Å². The van der Waals surface area contributed by atoms with Crippen molar-refractivity contribution in [3.05, 3.63) is 70.5 Å². The van der Waals surface area contributed by atoms with E-state index in [1.807, 2.05) is 24.3 Å². The molecule has 0 bridgehead atoms. The Morgan fingerprint density at radius 3 is 2.04 bits per heavy atom. The van der Waals surface area contributed by atoms with Crippen LogP contribution in [0.25, 0.3) is 0 Å². The number of amides is 1. The first-order chi connectivity index (χ1) is 11.9. The number of primary amides is 1.